The van der Waals surface area contributed by atoms with E-state index < -0.39 is 10.0 Å². The summed E-state index contributed by atoms with van der Waals surface area (Å²) in [5, 5.41) is 5.09. The molecule has 0 aliphatic rings. The molecular weight excluding hydrogens is 276 g/mol. The molecule has 0 aliphatic heterocycles. The van der Waals surface area contributed by atoms with Crippen LogP contribution in [0.5, 0.6) is 11.5 Å². The first kappa shape index (κ1) is 14.4. The highest BCUT2D eigenvalue weighted by molar-refractivity contribution is 7.89. The molecule has 0 saturated carbocycles. The third-order valence-electron chi connectivity index (χ3n) is 2.74. The molecule has 0 aromatic heterocycles. The normalized spacial score (nSPS) is 11.3. The minimum atomic E-state index is -3.79. The zero-order valence-corrected chi connectivity index (χ0v) is 12.1. The minimum Gasteiger partial charge on any atom is -0.455 e. The second kappa shape index (κ2) is 5.15. The van der Waals surface area contributed by atoms with Crippen LogP contribution in [0.1, 0.15) is 11.1 Å². The summed E-state index contributed by atoms with van der Waals surface area (Å²) < 4.78 is 28.3. The summed E-state index contributed by atoms with van der Waals surface area (Å²) in [6.07, 6.45) is 0. The van der Waals surface area contributed by atoms with Gasteiger partial charge in [0.1, 0.15) is 5.75 Å². The van der Waals surface area contributed by atoms with Crippen molar-refractivity contribution in [3.05, 3.63) is 47.5 Å². The van der Waals surface area contributed by atoms with Crippen molar-refractivity contribution < 1.29 is 13.2 Å². The van der Waals surface area contributed by atoms with Gasteiger partial charge in [-0.1, -0.05) is 6.07 Å². The molecule has 0 aliphatic carbocycles. The molecule has 0 saturated heterocycles. The van der Waals surface area contributed by atoms with Gasteiger partial charge in [-0.2, -0.15) is 0 Å². The second-order valence-corrected chi connectivity index (χ2v) is 6.23. The highest BCUT2D eigenvalue weighted by Gasteiger charge is 2.12. The minimum absolute atomic E-state index is 0.0360. The average molecular weight is 292 g/mol. The fourth-order valence-corrected chi connectivity index (χ4v) is 2.43. The quantitative estimate of drug-likeness (QED) is 0.849. The fourth-order valence-electron chi connectivity index (χ4n) is 1.90. The molecule has 2 aromatic carbocycles. The number of aryl methyl sites for hydroxylation is 2. The van der Waals surface area contributed by atoms with Crippen molar-refractivity contribution >= 4 is 15.7 Å². The van der Waals surface area contributed by atoms with Crippen LogP contribution in [0.3, 0.4) is 0 Å². The summed E-state index contributed by atoms with van der Waals surface area (Å²) in [4.78, 5) is -0.0360. The van der Waals surface area contributed by atoms with E-state index in [1.54, 1.807) is 0 Å². The van der Waals surface area contributed by atoms with Crippen molar-refractivity contribution in [1.82, 2.24) is 0 Å². The second-order valence-electron chi connectivity index (χ2n) is 4.67. The van der Waals surface area contributed by atoms with Crippen molar-refractivity contribution in [2.45, 2.75) is 18.7 Å². The molecule has 20 heavy (non-hydrogen) atoms. The first-order valence-electron chi connectivity index (χ1n) is 5.94. The molecule has 5 nitrogen and oxygen atoms in total. The number of sulfonamides is 1. The Balaban J connectivity index is 2.42. The number of primary sulfonamides is 1. The Hall–Kier alpha value is -2.05. The first-order valence-corrected chi connectivity index (χ1v) is 7.49. The lowest BCUT2D eigenvalue weighted by Gasteiger charge is -2.11. The van der Waals surface area contributed by atoms with Gasteiger partial charge in [0.05, 0.1) is 10.6 Å². The maximum Gasteiger partial charge on any atom is 0.238 e. The van der Waals surface area contributed by atoms with Crippen LogP contribution in [0.15, 0.2) is 41.3 Å². The van der Waals surface area contributed by atoms with Crippen LogP contribution in [0.2, 0.25) is 0 Å². The van der Waals surface area contributed by atoms with Gasteiger partial charge in [-0.15, -0.1) is 0 Å². The number of rotatable bonds is 3. The summed E-state index contributed by atoms with van der Waals surface area (Å²) >= 11 is 0. The van der Waals surface area contributed by atoms with Crippen molar-refractivity contribution in [3.63, 3.8) is 0 Å². The summed E-state index contributed by atoms with van der Waals surface area (Å²) in [6.45, 7) is 3.90. The zero-order chi connectivity index (χ0) is 14.9. The molecule has 2 aromatic rings. The Kier molecular flexibility index (Phi) is 3.69. The Morgan fingerprint density at radius 1 is 1.00 bits per heavy atom. The van der Waals surface area contributed by atoms with E-state index in [2.05, 4.69) is 0 Å². The van der Waals surface area contributed by atoms with Gasteiger partial charge >= 0.3 is 0 Å². The summed E-state index contributed by atoms with van der Waals surface area (Å²) in [6, 6.07) is 9.82. The van der Waals surface area contributed by atoms with E-state index in [-0.39, 0.29) is 10.6 Å². The summed E-state index contributed by atoms with van der Waals surface area (Å²) in [5.74, 6) is 0.863. The molecule has 4 N–H and O–H groups in total. The molecule has 0 radical (unpaired) electrons. The van der Waals surface area contributed by atoms with Crippen LogP contribution in [0, 0.1) is 13.8 Å². The van der Waals surface area contributed by atoms with Crippen LogP contribution in [-0.4, -0.2) is 8.42 Å². The molecule has 2 rings (SSSR count). The van der Waals surface area contributed by atoms with Crippen LogP contribution in [0.25, 0.3) is 0 Å². The first-order chi connectivity index (χ1) is 9.25. The van der Waals surface area contributed by atoms with Gasteiger partial charge in [-0.05, 0) is 49.2 Å². The molecule has 106 valence electrons. The van der Waals surface area contributed by atoms with Gasteiger partial charge in [-0.3, -0.25) is 0 Å². The van der Waals surface area contributed by atoms with Crippen LogP contribution < -0.4 is 15.6 Å². The van der Waals surface area contributed by atoms with Gasteiger partial charge in [0.25, 0.3) is 0 Å². The van der Waals surface area contributed by atoms with Gasteiger partial charge in [-0.25, -0.2) is 13.6 Å². The van der Waals surface area contributed by atoms with Gasteiger partial charge in [0.15, 0.2) is 5.75 Å². The molecule has 0 amide bonds. The number of anilines is 1. The van der Waals surface area contributed by atoms with Crippen LogP contribution in [0.4, 0.5) is 5.69 Å². The molecule has 0 fully saturated rings. The molecule has 0 atom stereocenters. The average Bonchev–Trinajstić information content (AvgIpc) is 2.29. The molecule has 0 spiro atoms. The Bertz CT molecular complexity index is 735. The van der Waals surface area contributed by atoms with E-state index in [9.17, 15) is 8.42 Å². The molecule has 6 heteroatoms. The highest BCUT2D eigenvalue weighted by atomic mass is 32.2. The number of hydrogen-bond acceptors (Lipinski definition) is 4. The maximum atomic E-state index is 11.3. The predicted octanol–water partition coefficient (Wildman–Crippen LogP) is 2.33. The highest BCUT2D eigenvalue weighted by Crippen LogP contribution is 2.30. The monoisotopic (exact) mass is 292 g/mol. The number of nitrogens with two attached hydrogens (primary N) is 2. The third-order valence-corrected chi connectivity index (χ3v) is 3.65. The number of nitrogen functional groups attached to an aromatic ring is 1. The molecule has 0 heterocycles. The Morgan fingerprint density at radius 3 is 2.15 bits per heavy atom. The van der Waals surface area contributed by atoms with Gasteiger partial charge < -0.3 is 10.5 Å². The largest absolute Gasteiger partial charge is 0.455 e. The standard InChI is InChI=1S/C14H16N2O3S/c1-9-5-10(2)7-11(6-9)19-14-8-12(20(16,17)18)3-4-13(14)15/h3-8H,15H2,1-2H3,(H2,16,17,18). The van der Waals surface area contributed by atoms with Gasteiger partial charge in [0, 0.05) is 6.07 Å². The van der Waals surface area contributed by atoms with E-state index in [1.165, 1.54) is 18.2 Å². The van der Waals surface area contributed by atoms with Crippen molar-refractivity contribution in [2.24, 2.45) is 5.14 Å². The van der Waals surface area contributed by atoms with Crippen LogP contribution in [-0.2, 0) is 10.0 Å². The third kappa shape index (κ3) is 3.28. The molecule has 0 bridgehead atoms. The zero-order valence-electron chi connectivity index (χ0n) is 11.3. The van der Waals surface area contributed by atoms with E-state index in [1.807, 2.05) is 32.0 Å². The maximum absolute atomic E-state index is 11.3. The fraction of sp³-hybridized carbons (Fsp3) is 0.143. The lowest BCUT2D eigenvalue weighted by molar-refractivity contribution is 0.482. The summed E-state index contributed by atoms with van der Waals surface area (Å²) in [5.41, 5.74) is 8.23. The van der Waals surface area contributed by atoms with E-state index in [0.717, 1.165) is 11.1 Å². The van der Waals surface area contributed by atoms with E-state index in [0.29, 0.717) is 11.4 Å². The topological polar surface area (TPSA) is 95.4 Å². The number of ether oxygens (including phenoxy) is 1. The van der Waals surface area contributed by atoms with E-state index >= 15 is 0 Å². The predicted molar refractivity (Wildman–Crippen MR) is 78.2 cm³/mol. The number of hydrogen-bond donors (Lipinski definition) is 2. The summed E-state index contributed by atoms with van der Waals surface area (Å²) in [7, 11) is -3.79. The molecule has 0 unspecified atom stereocenters. The smallest absolute Gasteiger partial charge is 0.238 e. The SMILES string of the molecule is Cc1cc(C)cc(Oc2cc(S(N)(=O)=O)ccc2N)c1. The van der Waals surface area contributed by atoms with E-state index in [4.69, 9.17) is 15.6 Å². The molecular formula is C14H16N2O3S. The lowest BCUT2D eigenvalue weighted by Crippen LogP contribution is -2.12. The van der Waals surface area contributed by atoms with Crippen LogP contribution >= 0.6 is 0 Å². The van der Waals surface area contributed by atoms with Crippen molar-refractivity contribution in [1.29, 1.82) is 0 Å². The number of benzene rings is 2. The Labute approximate surface area is 118 Å². The van der Waals surface area contributed by atoms with Crippen molar-refractivity contribution in [2.75, 3.05) is 5.73 Å². The van der Waals surface area contributed by atoms with Crippen molar-refractivity contribution in [3.8, 4) is 11.5 Å². The Morgan fingerprint density at radius 2 is 1.60 bits per heavy atom. The van der Waals surface area contributed by atoms with Gasteiger partial charge in [0.2, 0.25) is 10.0 Å². The lowest BCUT2D eigenvalue weighted by atomic mass is 10.1.